The summed E-state index contributed by atoms with van der Waals surface area (Å²) in [6.45, 7) is 1.64. The Morgan fingerprint density at radius 2 is 2.53 bits per heavy atom. The number of hydrogen-bond donors (Lipinski definition) is 1. The third-order valence-electron chi connectivity index (χ3n) is 2.40. The highest BCUT2D eigenvalue weighted by Crippen LogP contribution is 2.16. The molecule has 2 atom stereocenters. The van der Waals surface area contributed by atoms with Crippen molar-refractivity contribution < 1.29 is 4.21 Å². The minimum atomic E-state index is -1.17. The van der Waals surface area contributed by atoms with Crippen molar-refractivity contribution in [3.63, 3.8) is 0 Å². The molecule has 1 unspecified atom stereocenters. The van der Waals surface area contributed by atoms with Gasteiger partial charge in [-0.05, 0) is 25.1 Å². The minimum absolute atomic E-state index is 0.0898. The van der Waals surface area contributed by atoms with Gasteiger partial charge in [-0.1, -0.05) is 0 Å². The first-order chi connectivity index (χ1) is 7.33. The lowest BCUT2D eigenvalue weighted by Gasteiger charge is -2.08. The fourth-order valence-electron chi connectivity index (χ4n) is 1.60. The molecular formula is C10H11N3OS. The third kappa shape index (κ3) is 2.06. The van der Waals surface area contributed by atoms with Crippen molar-refractivity contribution in [2.45, 2.75) is 16.7 Å². The second-order valence-electron chi connectivity index (χ2n) is 3.38. The molecule has 1 aliphatic heterocycles. The normalized spacial score (nSPS) is 22.2. The average Bonchev–Trinajstić information content (AvgIpc) is 2.81. The van der Waals surface area contributed by atoms with Crippen molar-refractivity contribution in [3.8, 4) is 6.07 Å². The lowest BCUT2D eigenvalue weighted by Crippen LogP contribution is -2.20. The van der Waals surface area contributed by atoms with E-state index in [0.29, 0.717) is 10.6 Å². The smallest absolute Gasteiger partial charge is 0.145 e. The molecule has 2 heterocycles. The molecule has 0 aliphatic carbocycles. The molecule has 4 nitrogen and oxygen atoms in total. The summed E-state index contributed by atoms with van der Waals surface area (Å²) in [4.78, 5) is 4.04. The van der Waals surface area contributed by atoms with Crippen LogP contribution in [0.4, 0.5) is 0 Å². The molecule has 0 radical (unpaired) electrons. The quantitative estimate of drug-likeness (QED) is 0.786. The van der Waals surface area contributed by atoms with Gasteiger partial charge in [0.1, 0.15) is 11.1 Å². The molecule has 1 saturated heterocycles. The SMILES string of the molecule is N#Cc1cccnc1S(=O)[C@H]1CCNC1. The van der Waals surface area contributed by atoms with E-state index in [2.05, 4.69) is 10.3 Å². The molecule has 1 aromatic rings. The average molecular weight is 221 g/mol. The van der Waals surface area contributed by atoms with E-state index in [1.54, 1.807) is 18.3 Å². The maximum atomic E-state index is 12.1. The van der Waals surface area contributed by atoms with E-state index in [4.69, 9.17) is 5.26 Å². The van der Waals surface area contributed by atoms with E-state index in [-0.39, 0.29) is 5.25 Å². The van der Waals surface area contributed by atoms with Gasteiger partial charge in [0.2, 0.25) is 0 Å². The molecule has 1 N–H and O–H groups in total. The van der Waals surface area contributed by atoms with Gasteiger partial charge >= 0.3 is 0 Å². The summed E-state index contributed by atoms with van der Waals surface area (Å²) in [5.74, 6) is 0. The highest BCUT2D eigenvalue weighted by atomic mass is 32.2. The minimum Gasteiger partial charge on any atom is -0.315 e. The zero-order valence-corrected chi connectivity index (χ0v) is 8.96. The Morgan fingerprint density at radius 3 is 3.20 bits per heavy atom. The number of nitrogens with one attached hydrogen (secondary N) is 1. The summed E-state index contributed by atoms with van der Waals surface area (Å²) in [6, 6.07) is 5.37. The van der Waals surface area contributed by atoms with Crippen LogP contribution in [0.3, 0.4) is 0 Å². The van der Waals surface area contributed by atoms with Crippen molar-refractivity contribution in [1.29, 1.82) is 5.26 Å². The fraction of sp³-hybridized carbons (Fsp3) is 0.400. The summed E-state index contributed by atoms with van der Waals surface area (Å²) in [6.07, 6.45) is 2.46. The van der Waals surface area contributed by atoms with Gasteiger partial charge in [0.15, 0.2) is 0 Å². The van der Waals surface area contributed by atoms with Crippen LogP contribution in [0.1, 0.15) is 12.0 Å². The number of aromatic nitrogens is 1. The zero-order valence-electron chi connectivity index (χ0n) is 8.14. The summed E-state index contributed by atoms with van der Waals surface area (Å²) in [7, 11) is -1.17. The number of nitrogens with zero attached hydrogens (tertiary/aromatic N) is 2. The van der Waals surface area contributed by atoms with E-state index >= 15 is 0 Å². The third-order valence-corrected chi connectivity index (χ3v) is 4.11. The second kappa shape index (κ2) is 4.51. The summed E-state index contributed by atoms with van der Waals surface area (Å²) >= 11 is 0. The van der Waals surface area contributed by atoms with Crippen molar-refractivity contribution >= 4 is 10.8 Å². The number of pyridine rings is 1. The Bertz CT molecular complexity index is 421. The summed E-state index contributed by atoms with van der Waals surface area (Å²) in [5.41, 5.74) is 0.419. The van der Waals surface area contributed by atoms with Gasteiger partial charge in [0.05, 0.1) is 21.6 Å². The predicted molar refractivity (Wildman–Crippen MR) is 56.6 cm³/mol. The zero-order chi connectivity index (χ0) is 10.7. The second-order valence-corrected chi connectivity index (χ2v) is 5.03. The van der Waals surface area contributed by atoms with Crippen LogP contribution in [0.5, 0.6) is 0 Å². The molecule has 1 aromatic heterocycles. The van der Waals surface area contributed by atoms with Gasteiger partial charge in [0.25, 0.3) is 0 Å². The highest BCUT2D eigenvalue weighted by molar-refractivity contribution is 7.85. The molecule has 15 heavy (non-hydrogen) atoms. The Morgan fingerprint density at radius 1 is 1.67 bits per heavy atom. The Kier molecular flexibility index (Phi) is 3.09. The van der Waals surface area contributed by atoms with Crippen molar-refractivity contribution in [3.05, 3.63) is 23.9 Å². The van der Waals surface area contributed by atoms with E-state index in [9.17, 15) is 4.21 Å². The van der Waals surface area contributed by atoms with Gasteiger partial charge in [-0.3, -0.25) is 4.21 Å². The first-order valence-corrected chi connectivity index (χ1v) is 6.00. The van der Waals surface area contributed by atoms with Crippen LogP contribution in [0.25, 0.3) is 0 Å². The first-order valence-electron chi connectivity index (χ1n) is 4.79. The van der Waals surface area contributed by atoms with Crippen LogP contribution in [-0.2, 0) is 10.8 Å². The van der Waals surface area contributed by atoms with Crippen molar-refractivity contribution in [1.82, 2.24) is 10.3 Å². The van der Waals surface area contributed by atoms with Gasteiger partial charge in [-0.2, -0.15) is 5.26 Å². The van der Waals surface area contributed by atoms with Crippen LogP contribution in [0, 0.1) is 11.3 Å². The lowest BCUT2D eigenvalue weighted by atomic mass is 10.3. The molecule has 0 spiro atoms. The predicted octanol–water partition coefficient (Wildman–Crippen LogP) is 0.423. The number of hydrogen-bond acceptors (Lipinski definition) is 4. The molecular weight excluding hydrogens is 210 g/mol. The monoisotopic (exact) mass is 221 g/mol. The lowest BCUT2D eigenvalue weighted by molar-refractivity contribution is 0.669. The summed E-state index contributed by atoms with van der Waals surface area (Å²) < 4.78 is 12.1. The van der Waals surface area contributed by atoms with Gasteiger partial charge in [-0.25, -0.2) is 4.98 Å². The van der Waals surface area contributed by atoms with Crippen molar-refractivity contribution in [2.75, 3.05) is 13.1 Å². The Hall–Kier alpha value is -1.25. The molecule has 0 amide bonds. The van der Waals surface area contributed by atoms with Crippen LogP contribution >= 0.6 is 0 Å². The molecule has 1 aliphatic rings. The largest absolute Gasteiger partial charge is 0.315 e. The number of rotatable bonds is 2. The van der Waals surface area contributed by atoms with Crippen LogP contribution in [0.2, 0.25) is 0 Å². The van der Waals surface area contributed by atoms with Crippen molar-refractivity contribution in [2.24, 2.45) is 0 Å². The molecule has 1 fully saturated rings. The fourth-order valence-corrected chi connectivity index (χ4v) is 3.02. The van der Waals surface area contributed by atoms with E-state index in [0.717, 1.165) is 19.5 Å². The molecule has 5 heteroatoms. The molecule has 0 bridgehead atoms. The van der Waals surface area contributed by atoms with E-state index < -0.39 is 10.8 Å². The Balaban J connectivity index is 2.29. The highest BCUT2D eigenvalue weighted by Gasteiger charge is 2.24. The van der Waals surface area contributed by atoms with Gasteiger partial charge in [-0.15, -0.1) is 0 Å². The standard InChI is InChI=1S/C10H11N3OS/c11-6-8-2-1-4-13-10(8)15(14)9-3-5-12-7-9/h1-2,4,9,12H,3,5,7H2/t9-,15?/m0/s1. The van der Waals surface area contributed by atoms with Gasteiger partial charge in [0, 0.05) is 12.7 Å². The number of nitriles is 1. The van der Waals surface area contributed by atoms with E-state index in [1.807, 2.05) is 6.07 Å². The molecule has 78 valence electrons. The van der Waals surface area contributed by atoms with Gasteiger partial charge < -0.3 is 5.32 Å². The topological polar surface area (TPSA) is 65.8 Å². The molecule has 0 aromatic carbocycles. The summed E-state index contributed by atoms with van der Waals surface area (Å²) in [5, 5.41) is 12.5. The van der Waals surface area contributed by atoms with Crippen LogP contribution < -0.4 is 5.32 Å². The molecule has 2 rings (SSSR count). The first kappa shape index (κ1) is 10.3. The maximum absolute atomic E-state index is 12.1. The molecule has 0 saturated carbocycles. The Labute approximate surface area is 90.8 Å². The maximum Gasteiger partial charge on any atom is 0.145 e. The van der Waals surface area contributed by atoms with E-state index in [1.165, 1.54) is 0 Å². The van der Waals surface area contributed by atoms with Crippen LogP contribution in [-0.4, -0.2) is 27.5 Å². The van der Waals surface area contributed by atoms with Crippen LogP contribution in [0.15, 0.2) is 23.4 Å².